The van der Waals surface area contributed by atoms with Crippen LogP contribution in [0.2, 0.25) is 0 Å². The predicted octanol–water partition coefficient (Wildman–Crippen LogP) is 1.13. The first-order valence-corrected chi connectivity index (χ1v) is 6.07. The fourth-order valence-electron chi connectivity index (χ4n) is 0.733. The first-order valence-electron chi connectivity index (χ1n) is 3.45. The number of carbonyl (C=O) groups excluding carboxylic acids is 1. The normalized spacial score (nSPS) is 10.4. The average Bonchev–Trinajstić information content (AvgIpc) is 2.07. The summed E-state index contributed by atoms with van der Waals surface area (Å²) in [6.07, 6.45) is 0.918. The maximum atomic E-state index is 9.18. The van der Waals surface area contributed by atoms with Crippen LogP contribution in [0.3, 0.4) is 0 Å². The van der Waals surface area contributed by atoms with Gasteiger partial charge in [-0.3, -0.25) is 0 Å². The number of isocyanates is 1. The lowest BCUT2D eigenvalue weighted by molar-refractivity contribution is 0.263. The third-order valence-electron chi connectivity index (χ3n) is 1.40. The Morgan fingerprint density at radius 1 is 1.29 bits per heavy atom. The highest BCUT2D eigenvalue weighted by Gasteiger charge is 2.06. The highest BCUT2D eigenvalue weighted by Crippen LogP contribution is 2.36. The molecule has 0 atom stereocenters. The minimum Gasteiger partial charge on any atom is -0.314 e. The fraction of sp³-hybridized carbons (Fsp3) is 0. The second-order valence-electron chi connectivity index (χ2n) is 2.33. The van der Waals surface area contributed by atoms with Crippen LogP contribution in [0.5, 0.6) is 0 Å². The Bertz CT molecular complexity index is 385. The number of nitrogens with zero attached hydrogens (tertiary/aromatic N) is 1. The Morgan fingerprint density at radius 3 is 1.79 bits per heavy atom. The lowest BCUT2D eigenvalue weighted by atomic mass is 9.95. The smallest absolute Gasteiger partial charge is 0.314 e. The Balaban J connectivity index is 0.000000143. The number of hydrogen-bond acceptors (Lipinski definition) is 4. The van der Waals surface area contributed by atoms with Gasteiger partial charge in [-0.05, 0) is 11.1 Å². The van der Waals surface area contributed by atoms with Crippen molar-refractivity contribution in [1.82, 2.24) is 0 Å². The second-order valence-corrected chi connectivity index (χ2v) is 4.90. The molecule has 2 N–H and O–H groups in total. The van der Waals surface area contributed by atoms with E-state index in [1.807, 2.05) is 0 Å². The van der Waals surface area contributed by atoms with E-state index in [0.717, 1.165) is 6.08 Å². The van der Waals surface area contributed by atoms with Gasteiger partial charge in [-0.1, -0.05) is 24.3 Å². The van der Waals surface area contributed by atoms with Gasteiger partial charge in [-0.2, -0.15) is 0 Å². The first kappa shape index (κ1) is 11.0. The minimum absolute atomic E-state index is 0.918. The lowest BCUT2D eigenvalue weighted by Gasteiger charge is -2.10. The molecule has 0 aromatic heterocycles. The summed E-state index contributed by atoms with van der Waals surface area (Å²) >= 11 is 3.88. The Hall–Kier alpha value is -1.03. The van der Waals surface area contributed by atoms with Gasteiger partial charge in [0.25, 0.3) is 6.08 Å². The summed E-state index contributed by atoms with van der Waals surface area (Å²) in [6.45, 7) is -3.78. The molecule has 0 unspecified atom stereocenters. The van der Waals surface area contributed by atoms with E-state index in [1.54, 1.807) is 0 Å². The van der Waals surface area contributed by atoms with E-state index in [9.17, 15) is 4.79 Å². The van der Waals surface area contributed by atoms with Gasteiger partial charge in [0.1, 0.15) is 0 Å². The van der Waals surface area contributed by atoms with Crippen LogP contribution in [-0.2, 0) is 21.2 Å². The molecular weight excluding hydrogens is 225 g/mol. The van der Waals surface area contributed by atoms with Crippen LogP contribution in [-0.4, -0.2) is 15.9 Å². The van der Waals surface area contributed by atoms with E-state index in [1.165, 1.54) is 11.1 Å². The molecule has 2 aliphatic rings. The van der Waals surface area contributed by atoms with Gasteiger partial charge in [0.05, 0.1) is 0 Å². The van der Waals surface area contributed by atoms with Gasteiger partial charge in [-0.15, -0.1) is 0 Å². The zero-order chi connectivity index (χ0) is 10.6. The fourth-order valence-corrected chi connectivity index (χ4v) is 0.972. The third-order valence-corrected chi connectivity index (χ3v) is 1.90. The third kappa shape index (κ3) is 3.38. The Kier molecular flexibility index (Phi) is 3.52. The van der Waals surface area contributed by atoms with Crippen molar-refractivity contribution in [1.29, 1.82) is 0 Å². The van der Waals surface area contributed by atoms with E-state index < -0.39 is 6.72 Å². The summed E-state index contributed by atoms with van der Waals surface area (Å²) < 4.78 is 3.62. The molecular formula is C7H6NO4PS. The molecule has 0 saturated carbocycles. The Morgan fingerprint density at radius 2 is 1.71 bits per heavy atom. The van der Waals surface area contributed by atoms with Crippen molar-refractivity contribution in [3.8, 4) is 11.1 Å². The summed E-state index contributed by atoms with van der Waals surface area (Å²) in [5.74, 6) is 0. The van der Waals surface area contributed by atoms with Crippen molar-refractivity contribution >= 4 is 24.6 Å². The standard InChI is InChI=1S/C6H4.CH2NO4PS/c1-2-6-4-3-5(1)6;3-1-2-6-7(4,5)8/h1-4H;(H2,4,5,8). The summed E-state index contributed by atoms with van der Waals surface area (Å²) in [5.41, 5.74) is 2.85. The molecule has 2 aliphatic carbocycles. The molecule has 2 rings (SSSR count). The van der Waals surface area contributed by atoms with E-state index in [0.29, 0.717) is 0 Å². The van der Waals surface area contributed by atoms with Crippen molar-refractivity contribution in [3.05, 3.63) is 24.3 Å². The molecule has 0 aromatic rings. The monoisotopic (exact) mass is 231 g/mol. The van der Waals surface area contributed by atoms with Crippen LogP contribution in [0, 0.1) is 0 Å². The summed E-state index contributed by atoms with van der Waals surface area (Å²) in [5, 5.41) is 2.38. The molecule has 5 nitrogen and oxygen atoms in total. The van der Waals surface area contributed by atoms with Gasteiger partial charge in [0, 0.05) is 17.0 Å². The van der Waals surface area contributed by atoms with Crippen molar-refractivity contribution < 1.29 is 19.2 Å². The van der Waals surface area contributed by atoms with Gasteiger partial charge in [-0.25, -0.2) is 4.79 Å². The summed E-state index contributed by atoms with van der Waals surface area (Å²) in [7, 11) is 0. The molecule has 7 heteroatoms. The largest absolute Gasteiger partial charge is 0.398 e. The van der Waals surface area contributed by atoms with Crippen LogP contribution < -0.4 is 0 Å². The molecule has 14 heavy (non-hydrogen) atoms. The molecule has 0 bridgehead atoms. The van der Waals surface area contributed by atoms with Gasteiger partial charge in [0.15, 0.2) is 0 Å². The zero-order valence-electron chi connectivity index (χ0n) is 6.82. The minimum atomic E-state index is -3.78. The maximum Gasteiger partial charge on any atom is 0.398 e. The maximum absolute atomic E-state index is 9.18. The highest BCUT2D eigenvalue weighted by atomic mass is 32.5. The summed E-state index contributed by atoms with van der Waals surface area (Å²) in [6, 6.07) is 8.48. The van der Waals surface area contributed by atoms with E-state index in [4.69, 9.17) is 9.79 Å². The number of rotatable bonds is 2. The molecule has 0 amide bonds. The van der Waals surface area contributed by atoms with E-state index in [2.05, 4.69) is 45.9 Å². The molecule has 74 valence electrons. The second kappa shape index (κ2) is 4.46. The zero-order valence-corrected chi connectivity index (χ0v) is 8.53. The SMILES string of the molecule is O=C=NOP(O)(O)=S.c1cc2ccc1-2. The van der Waals surface area contributed by atoms with E-state index in [-0.39, 0.29) is 0 Å². The van der Waals surface area contributed by atoms with Crippen molar-refractivity contribution in [3.63, 3.8) is 0 Å². The average molecular weight is 231 g/mol. The van der Waals surface area contributed by atoms with Crippen molar-refractivity contribution in [2.45, 2.75) is 0 Å². The molecule has 0 radical (unpaired) electrons. The van der Waals surface area contributed by atoms with Crippen LogP contribution in [0.15, 0.2) is 29.4 Å². The molecule has 0 aliphatic heterocycles. The van der Waals surface area contributed by atoms with Gasteiger partial charge in [0.2, 0.25) is 0 Å². The van der Waals surface area contributed by atoms with Gasteiger partial charge < -0.3 is 14.4 Å². The molecule has 0 heterocycles. The molecule has 0 aromatic carbocycles. The number of hydrogen-bond donors (Lipinski definition) is 2. The summed E-state index contributed by atoms with van der Waals surface area (Å²) in [4.78, 5) is 25.5. The lowest BCUT2D eigenvalue weighted by Crippen LogP contribution is -1.85. The predicted molar refractivity (Wildman–Crippen MR) is 53.4 cm³/mol. The quantitative estimate of drug-likeness (QED) is 0.350. The number of fused-ring (bicyclic) bond motifs is 1. The number of benzene rings is 1. The van der Waals surface area contributed by atoms with Crippen LogP contribution in [0.25, 0.3) is 11.1 Å². The Labute approximate surface area is 84.9 Å². The molecule has 0 saturated heterocycles. The first-order chi connectivity index (χ1) is 6.53. The van der Waals surface area contributed by atoms with Crippen molar-refractivity contribution in [2.75, 3.05) is 0 Å². The van der Waals surface area contributed by atoms with Gasteiger partial charge >= 0.3 is 6.72 Å². The van der Waals surface area contributed by atoms with Crippen LogP contribution >= 0.6 is 6.72 Å². The topological polar surface area (TPSA) is 79.1 Å². The van der Waals surface area contributed by atoms with Crippen molar-refractivity contribution in [2.24, 2.45) is 5.16 Å². The van der Waals surface area contributed by atoms with E-state index >= 15 is 0 Å². The van der Waals surface area contributed by atoms with Crippen LogP contribution in [0.4, 0.5) is 0 Å². The van der Waals surface area contributed by atoms with Crippen LogP contribution in [0.1, 0.15) is 0 Å². The highest BCUT2D eigenvalue weighted by molar-refractivity contribution is 8.06. The molecule has 0 fully saturated rings. The molecule has 0 spiro atoms.